The number of rotatable bonds is 6. The number of halogens is 3. The minimum atomic E-state index is -2.95. The lowest BCUT2D eigenvalue weighted by molar-refractivity contribution is -0.127. The summed E-state index contributed by atoms with van der Waals surface area (Å²) in [5.74, 6) is -1.90. The Hall–Kier alpha value is -3.20. The number of carbonyl (C=O) groups excluding carboxylic acids is 2. The van der Waals surface area contributed by atoms with Crippen LogP contribution in [0.3, 0.4) is 0 Å². The van der Waals surface area contributed by atoms with Crippen molar-refractivity contribution in [2.45, 2.75) is 13.5 Å². The van der Waals surface area contributed by atoms with E-state index in [2.05, 4.69) is 15.2 Å². The molecule has 152 valence electrons. The fraction of sp³-hybridized carbons (Fsp3) is 0.211. The van der Waals surface area contributed by atoms with Gasteiger partial charge in [-0.1, -0.05) is 11.6 Å². The topological polar surface area (TPSA) is 80.2 Å². The van der Waals surface area contributed by atoms with E-state index >= 15 is 0 Å². The molecule has 0 saturated carbocycles. The second-order valence-electron chi connectivity index (χ2n) is 6.07. The fourth-order valence-electron chi connectivity index (χ4n) is 2.79. The Morgan fingerprint density at radius 2 is 1.90 bits per heavy atom. The first-order valence-electron chi connectivity index (χ1n) is 8.38. The average Bonchev–Trinajstić information content (AvgIpc) is 2.95. The molecular formula is C19H16ClF2N3O4. The zero-order valence-corrected chi connectivity index (χ0v) is 16.1. The SMILES string of the molecule is COc1cc(Cl)cc(NC(=O)C2C(=O)N(c3ccc(OC(F)F)cc3)N=C2C)c1. The molecule has 2 amide bonds. The summed E-state index contributed by atoms with van der Waals surface area (Å²) >= 11 is 5.99. The monoisotopic (exact) mass is 423 g/mol. The largest absolute Gasteiger partial charge is 0.497 e. The van der Waals surface area contributed by atoms with Crippen LogP contribution in [0, 0.1) is 5.92 Å². The highest BCUT2D eigenvalue weighted by atomic mass is 35.5. The van der Waals surface area contributed by atoms with Crippen LogP contribution in [-0.2, 0) is 9.59 Å². The van der Waals surface area contributed by atoms with Gasteiger partial charge in [-0.3, -0.25) is 9.59 Å². The average molecular weight is 424 g/mol. The molecule has 1 unspecified atom stereocenters. The highest BCUT2D eigenvalue weighted by Gasteiger charge is 2.39. The van der Waals surface area contributed by atoms with Gasteiger partial charge in [-0.15, -0.1) is 0 Å². The molecule has 0 bridgehead atoms. The predicted octanol–water partition coefficient (Wildman–Crippen LogP) is 3.93. The van der Waals surface area contributed by atoms with Crippen molar-refractivity contribution in [1.82, 2.24) is 0 Å². The molecule has 3 rings (SSSR count). The first-order chi connectivity index (χ1) is 13.8. The Bertz CT molecular complexity index is 966. The summed E-state index contributed by atoms with van der Waals surface area (Å²) in [5.41, 5.74) is 0.969. The molecule has 10 heteroatoms. The number of anilines is 2. The van der Waals surface area contributed by atoms with Gasteiger partial charge in [-0.25, -0.2) is 0 Å². The van der Waals surface area contributed by atoms with E-state index in [1.807, 2.05) is 0 Å². The highest BCUT2D eigenvalue weighted by Crippen LogP contribution is 2.28. The van der Waals surface area contributed by atoms with Crippen molar-refractivity contribution in [3.05, 3.63) is 47.5 Å². The lowest BCUT2D eigenvalue weighted by atomic mass is 10.0. The van der Waals surface area contributed by atoms with E-state index in [0.717, 1.165) is 5.01 Å². The van der Waals surface area contributed by atoms with E-state index in [4.69, 9.17) is 16.3 Å². The zero-order valence-electron chi connectivity index (χ0n) is 15.4. The summed E-state index contributed by atoms with van der Waals surface area (Å²) in [7, 11) is 1.46. The van der Waals surface area contributed by atoms with E-state index in [1.54, 1.807) is 19.1 Å². The summed E-state index contributed by atoms with van der Waals surface area (Å²) in [6, 6.07) is 10.0. The number of hydrazone groups is 1. The molecule has 0 spiro atoms. The lowest BCUT2D eigenvalue weighted by Crippen LogP contribution is -2.36. The number of nitrogens with one attached hydrogen (secondary N) is 1. The fourth-order valence-corrected chi connectivity index (χ4v) is 3.01. The van der Waals surface area contributed by atoms with Crippen molar-refractivity contribution in [1.29, 1.82) is 0 Å². The summed E-state index contributed by atoms with van der Waals surface area (Å²) in [4.78, 5) is 25.4. The molecule has 1 aliphatic rings. The van der Waals surface area contributed by atoms with Gasteiger partial charge in [0.05, 0.1) is 18.5 Å². The Kier molecular flexibility index (Phi) is 5.97. The van der Waals surface area contributed by atoms with E-state index in [9.17, 15) is 18.4 Å². The van der Waals surface area contributed by atoms with Gasteiger partial charge < -0.3 is 14.8 Å². The number of ether oxygens (including phenoxy) is 2. The Morgan fingerprint density at radius 1 is 1.21 bits per heavy atom. The number of nitrogens with zero attached hydrogens (tertiary/aromatic N) is 2. The number of alkyl halides is 2. The number of hydrogen-bond acceptors (Lipinski definition) is 5. The van der Waals surface area contributed by atoms with Crippen LogP contribution in [0.2, 0.25) is 5.02 Å². The molecule has 1 N–H and O–H groups in total. The number of amides is 2. The van der Waals surface area contributed by atoms with Gasteiger partial charge in [0, 0.05) is 16.8 Å². The molecule has 1 atom stereocenters. The van der Waals surface area contributed by atoms with Crippen molar-refractivity contribution in [2.75, 3.05) is 17.4 Å². The molecule has 2 aromatic rings. The quantitative estimate of drug-likeness (QED) is 0.714. The van der Waals surface area contributed by atoms with Crippen LogP contribution in [0.5, 0.6) is 11.5 Å². The molecule has 7 nitrogen and oxygen atoms in total. The van der Waals surface area contributed by atoms with Crippen LogP contribution in [0.15, 0.2) is 47.6 Å². The second kappa shape index (κ2) is 8.44. The van der Waals surface area contributed by atoms with Crippen LogP contribution in [0.4, 0.5) is 20.2 Å². The molecule has 2 aromatic carbocycles. The number of methoxy groups -OCH3 is 1. The van der Waals surface area contributed by atoms with Crippen molar-refractivity contribution < 1.29 is 27.8 Å². The number of hydrogen-bond donors (Lipinski definition) is 1. The third kappa shape index (κ3) is 4.62. The van der Waals surface area contributed by atoms with Gasteiger partial charge in [0.2, 0.25) is 5.91 Å². The molecule has 0 aromatic heterocycles. The van der Waals surface area contributed by atoms with E-state index in [-0.39, 0.29) is 11.5 Å². The van der Waals surface area contributed by atoms with E-state index < -0.39 is 24.3 Å². The van der Waals surface area contributed by atoms with Gasteiger partial charge in [-0.05, 0) is 43.3 Å². The van der Waals surface area contributed by atoms with E-state index in [1.165, 1.54) is 37.4 Å². The molecule has 1 aliphatic heterocycles. The van der Waals surface area contributed by atoms with Gasteiger partial charge in [0.25, 0.3) is 5.91 Å². The normalized spacial score (nSPS) is 16.1. The summed E-state index contributed by atoms with van der Waals surface area (Å²) in [6.07, 6.45) is 0. The molecule has 1 heterocycles. The number of benzene rings is 2. The molecule has 0 fully saturated rings. The second-order valence-corrected chi connectivity index (χ2v) is 6.50. The Morgan fingerprint density at radius 3 is 2.52 bits per heavy atom. The molecular weight excluding hydrogens is 408 g/mol. The van der Waals surface area contributed by atoms with Crippen molar-refractivity contribution in [3.63, 3.8) is 0 Å². The standard InChI is InChI=1S/C19H16ClF2N3O4/c1-10-16(17(26)23-12-7-11(20)8-15(9-12)28-2)18(27)25(24-10)13-3-5-14(6-4-13)29-19(21)22/h3-9,16,19H,1-2H3,(H,23,26). The predicted molar refractivity (Wildman–Crippen MR) is 104 cm³/mol. The zero-order chi connectivity index (χ0) is 21.1. The van der Waals surface area contributed by atoms with Gasteiger partial charge >= 0.3 is 6.61 Å². The van der Waals surface area contributed by atoms with Gasteiger partial charge in [-0.2, -0.15) is 18.9 Å². The third-order valence-corrected chi connectivity index (χ3v) is 4.29. The Labute approximate surface area is 169 Å². The minimum Gasteiger partial charge on any atom is -0.497 e. The van der Waals surface area contributed by atoms with Crippen LogP contribution in [-0.4, -0.2) is 31.2 Å². The first-order valence-corrected chi connectivity index (χ1v) is 8.75. The molecule has 0 aliphatic carbocycles. The van der Waals surface area contributed by atoms with Gasteiger partial charge in [0.15, 0.2) is 5.92 Å². The Balaban J connectivity index is 1.75. The van der Waals surface area contributed by atoms with Crippen molar-refractivity contribution in [3.8, 4) is 11.5 Å². The maximum atomic E-state index is 12.7. The lowest BCUT2D eigenvalue weighted by Gasteiger charge is -2.15. The maximum Gasteiger partial charge on any atom is 0.387 e. The first kappa shape index (κ1) is 20.5. The van der Waals surface area contributed by atoms with Crippen molar-refractivity contribution >= 4 is 40.5 Å². The minimum absolute atomic E-state index is 0.0553. The van der Waals surface area contributed by atoms with Gasteiger partial charge in [0.1, 0.15) is 11.5 Å². The summed E-state index contributed by atoms with van der Waals surface area (Å²) < 4.78 is 33.9. The summed E-state index contributed by atoms with van der Waals surface area (Å²) in [5, 5.41) is 8.16. The van der Waals surface area contributed by atoms with Crippen LogP contribution in [0.1, 0.15) is 6.92 Å². The summed E-state index contributed by atoms with van der Waals surface area (Å²) in [6.45, 7) is -1.40. The highest BCUT2D eigenvalue weighted by molar-refractivity contribution is 6.31. The molecule has 29 heavy (non-hydrogen) atoms. The van der Waals surface area contributed by atoms with E-state index in [0.29, 0.717) is 22.1 Å². The molecule has 0 radical (unpaired) electrons. The van der Waals surface area contributed by atoms with Crippen LogP contribution < -0.4 is 19.8 Å². The molecule has 0 saturated heterocycles. The third-order valence-electron chi connectivity index (χ3n) is 4.07. The number of carbonyl (C=O) groups is 2. The van der Waals surface area contributed by atoms with Crippen LogP contribution >= 0.6 is 11.6 Å². The van der Waals surface area contributed by atoms with Crippen LogP contribution in [0.25, 0.3) is 0 Å². The van der Waals surface area contributed by atoms with Crippen molar-refractivity contribution in [2.24, 2.45) is 11.0 Å². The maximum absolute atomic E-state index is 12.7. The smallest absolute Gasteiger partial charge is 0.387 e.